The highest BCUT2D eigenvalue weighted by molar-refractivity contribution is 6.31. The highest BCUT2D eigenvalue weighted by Gasteiger charge is 2.20. The van der Waals surface area contributed by atoms with Crippen molar-refractivity contribution in [1.82, 2.24) is 19.8 Å². The van der Waals surface area contributed by atoms with Gasteiger partial charge in [-0.05, 0) is 18.2 Å². The molecule has 1 aliphatic heterocycles. The Labute approximate surface area is 184 Å². The van der Waals surface area contributed by atoms with Crippen molar-refractivity contribution >= 4 is 22.5 Å². The van der Waals surface area contributed by atoms with Crippen LogP contribution in [0.5, 0.6) is 11.5 Å². The van der Waals surface area contributed by atoms with Crippen molar-refractivity contribution in [2.24, 2.45) is 0 Å². The van der Waals surface area contributed by atoms with Gasteiger partial charge in [0.05, 0.1) is 31.7 Å². The van der Waals surface area contributed by atoms with Crippen molar-refractivity contribution in [2.75, 3.05) is 40.4 Å². The number of hydrogen-bond acceptors (Lipinski definition) is 6. The van der Waals surface area contributed by atoms with Gasteiger partial charge in [0, 0.05) is 49.4 Å². The summed E-state index contributed by atoms with van der Waals surface area (Å²) in [6.45, 7) is 4.10. The van der Waals surface area contributed by atoms with Crippen molar-refractivity contribution in [3.63, 3.8) is 0 Å². The SMILES string of the molecule is COc1cc2nc(CN3CCN(Cc4c(F)cccc4Cl)CC3)[nH]c(=O)c2cc1OC. The molecule has 4 rings (SSSR count). The Kier molecular flexibility index (Phi) is 6.41. The summed E-state index contributed by atoms with van der Waals surface area (Å²) in [5.74, 6) is 1.33. The van der Waals surface area contributed by atoms with Crippen LogP contribution in [0.15, 0.2) is 35.1 Å². The molecule has 2 heterocycles. The number of hydrogen-bond donors (Lipinski definition) is 1. The first kappa shape index (κ1) is 21.5. The van der Waals surface area contributed by atoms with Crippen LogP contribution in [0.4, 0.5) is 4.39 Å². The predicted molar refractivity (Wildman–Crippen MR) is 117 cm³/mol. The molecule has 164 valence electrons. The van der Waals surface area contributed by atoms with Crippen molar-refractivity contribution in [3.8, 4) is 11.5 Å². The largest absolute Gasteiger partial charge is 0.493 e. The standard InChI is InChI=1S/C22H24ClFN4O3/c1-30-19-10-14-18(11-20(19)31-2)25-21(26-22(14)29)13-28-8-6-27(7-9-28)12-15-16(23)4-3-5-17(15)24/h3-5,10-11H,6-9,12-13H2,1-2H3,(H,25,26,29). The van der Waals surface area contributed by atoms with Gasteiger partial charge in [-0.1, -0.05) is 17.7 Å². The number of halogens is 2. The number of aromatic amines is 1. The number of H-pyrrole nitrogens is 1. The lowest BCUT2D eigenvalue weighted by Crippen LogP contribution is -2.45. The number of rotatable bonds is 6. The van der Waals surface area contributed by atoms with Gasteiger partial charge in [0.25, 0.3) is 5.56 Å². The monoisotopic (exact) mass is 446 g/mol. The summed E-state index contributed by atoms with van der Waals surface area (Å²) in [4.78, 5) is 24.4. The minimum atomic E-state index is -0.278. The highest BCUT2D eigenvalue weighted by atomic mass is 35.5. The molecule has 1 N–H and O–H groups in total. The molecule has 0 amide bonds. The van der Waals surface area contributed by atoms with E-state index in [4.69, 9.17) is 21.1 Å². The maximum Gasteiger partial charge on any atom is 0.258 e. The zero-order chi connectivity index (χ0) is 22.0. The molecular formula is C22H24ClFN4O3. The fourth-order valence-electron chi connectivity index (χ4n) is 3.81. The molecule has 1 aromatic heterocycles. The molecule has 0 unspecified atom stereocenters. The summed E-state index contributed by atoms with van der Waals surface area (Å²) in [6, 6.07) is 8.10. The maximum absolute atomic E-state index is 14.1. The van der Waals surface area contributed by atoms with Crippen molar-refractivity contribution < 1.29 is 13.9 Å². The van der Waals surface area contributed by atoms with Gasteiger partial charge in [-0.2, -0.15) is 0 Å². The molecule has 1 fully saturated rings. The number of methoxy groups -OCH3 is 2. The average molecular weight is 447 g/mol. The molecule has 1 saturated heterocycles. The number of aromatic nitrogens is 2. The molecule has 0 radical (unpaired) electrons. The van der Waals surface area contributed by atoms with E-state index in [9.17, 15) is 9.18 Å². The minimum absolute atomic E-state index is 0.214. The molecule has 7 nitrogen and oxygen atoms in total. The number of fused-ring (bicyclic) bond motifs is 1. The summed E-state index contributed by atoms with van der Waals surface area (Å²) in [6.07, 6.45) is 0. The zero-order valence-electron chi connectivity index (χ0n) is 17.5. The summed E-state index contributed by atoms with van der Waals surface area (Å²) in [5.41, 5.74) is 0.875. The van der Waals surface area contributed by atoms with Crippen LogP contribution >= 0.6 is 11.6 Å². The van der Waals surface area contributed by atoms with Crippen LogP contribution in [0, 0.1) is 5.82 Å². The van der Waals surface area contributed by atoms with E-state index in [1.165, 1.54) is 13.2 Å². The van der Waals surface area contributed by atoms with Gasteiger partial charge in [-0.25, -0.2) is 9.37 Å². The Balaban J connectivity index is 1.44. The molecular weight excluding hydrogens is 423 g/mol. The highest BCUT2D eigenvalue weighted by Crippen LogP contribution is 2.30. The van der Waals surface area contributed by atoms with Crippen LogP contribution < -0.4 is 15.0 Å². The Hall–Kier alpha value is -2.68. The van der Waals surface area contributed by atoms with E-state index in [-0.39, 0.29) is 11.4 Å². The Bertz CT molecular complexity index is 1130. The van der Waals surface area contributed by atoms with Crippen LogP contribution in [0.2, 0.25) is 5.02 Å². The van der Waals surface area contributed by atoms with Crippen LogP contribution in [-0.2, 0) is 13.1 Å². The van der Waals surface area contributed by atoms with E-state index in [0.717, 1.165) is 26.2 Å². The summed E-state index contributed by atoms with van der Waals surface area (Å²) in [7, 11) is 3.07. The lowest BCUT2D eigenvalue weighted by molar-refractivity contribution is 0.119. The quantitative estimate of drug-likeness (QED) is 0.627. The average Bonchev–Trinajstić information content (AvgIpc) is 2.76. The molecule has 0 saturated carbocycles. The molecule has 1 aliphatic rings. The topological polar surface area (TPSA) is 70.7 Å². The van der Waals surface area contributed by atoms with Gasteiger partial charge in [0.1, 0.15) is 11.6 Å². The molecule has 0 spiro atoms. The normalized spacial score (nSPS) is 15.4. The second-order valence-electron chi connectivity index (χ2n) is 7.49. The van der Waals surface area contributed by atoms with E-state index in [0.29, 0.717) is 51.9 Å². The minimum Gasteiger partial charge on any atom is -0.493 e. The van der Waals surface area contributed by atoms with Gasteiger partial charge in [-0.15, -0.1) is 0 Å². The van der Waals surface area contributed by atoms with Crippen LogP contribution in [0.3, 0.4) is 0 Å². The van der Waals surface area contributed by atoms with Gasteiger partial charge < -0.3 is 14.5 Å². The second kappa shape index (κ2) is 9.21. The first-order valence-electron chi connectivity index (χ1n) is 10.0. The van der Waals surface area contributed by atoms with E-state index in [2.05, 4.69) is 19.8 Å². The van der Waals surface area contributed by atoms with Crippen LogP contribution in [0.25, 0.3) is 10.9 Å². The van der Waals surface area contributed by atoms with E-state index < -0.39 is 0 Å². The second-order valence-corrected chi connectivity index (χ2v) is 7.90. The molecule has 9 heteroatoms. The van der Waals surface area contributed by atoms with E-state index in [1.807, 2.05) is 0 Å². The van der Waals surface area contributed by atoms with Crippen molar-refractivity contribution in [3.05, 3.63) is 62.9 Å². The first-order chi connectivity index (χ1) is 15.0. The van der Waals surface area contributed by atoms with Gasteiger partial charge >= 0.3 is 0 Å². The predicted octanol–water partition coefficient (Wildman–Crippen LogP) is 3.05. The summed E-state index contributed by atoms with van der Waals surface area (Å²) < 4.78 is 24.6. The number of benzene rings is 2. The summed E-state index contributed by atoms with van der Waals surface area (Å²) >= 11 is 6.15. The molecule has 3 aromatic rings. The van der Waals surface area contributed by atoms with E-state index >= 15 is 0 Å². The maximum atomic E-state index is 14.1. The third-order valence-electron chi connectivity index (χ3n) is 5.54. The summed E-state index contributed by atoms with van der Waals surface area (Å²) in [5, 5.41) is 0.903. The van der Waals surface area contributed by atoms with Crippen LogP contribution in [0.1, 0.15) is 11.4 Å². The van der Waals surface area contributed by atoms with E-state index in [1.54, 1.807) is 31.4 Å². The lowest BCUT2D eigenvalue weighted by Gasteiger charge is -2.34. The van der Waals surface area contributed by atoms with Gasteiger partial charge in [0.15, 0.2) is 11.5 Å². The molecule has 2 aromatic carbocycles. The fourth-order valence-corrected chi connectivity index (χ4v) is 4.04. The van der Waals surface area contributed by atoms with Crippen molar-refractivity contribution in [1.29, 1.82) is 0 Å². The molecule has 31 heavy (non-hydrogen) atoms. The number of piperazine rings is 1. The number of nitrogens with zero attached hydrogens (tertiary/aromatic N) is 3. The Morgan fingerprint density at radius 3 is 2.35 bits per heavy atom. The number of ether oxygens (including phenoxy) is 2. The third-order valence-corrected chi connectivity index (χ3v) is 5.90. The fraction of sp³-hybridized carbons (Fsp3) is 0.364. The van der Waals surface area contributed by atoms with Crippen LogP contribution in [-0.4, -0.2) is 60.2 Å². The van der Waals surface area contributed by atoms with Gasteiger partial charge in [0.2, 0.25) is 0 Å². The number of nitrogens with one attached hydrogen (secondary N) is 1. The van der Waals surface area contributed by atoms with Gasteiger partial charge in [-0.3, -0.25) is 14.6 Å². The Morgan fingerprint density at radius 2 is 1.71 bits per heavy atom. The third kappa shape index (κ3) is 4.66. The Morgan fingerprint density at radius 1 is 1.06 bits per heavy atom. The molecule has 0 atom stereocenters. The lowest BCUT2D eigenvalue weighted by atomic mass is 10.2. The van der Waals surface area contributed by atoms with Crippen molar-refractivity contribution in [2.45, 2.75) is 13.1 Å². The molecule has 0 aliphatic carbocycles. The first-order valence-corrected chi connectivity index (χ1v) is 10.4. The smallest absolute Gasteiger partial charge is 0.258 e. The zero-order valence-corrected chi connectivity index (χ0v) is 18.2. The molecule has 0 bridgehead atoms.